The van der Waals surface area contributed by atoms with Crippen molar-refractivity contribution in [1.82, 2.24) is 4.31 Å². The van der Waals surface area contributed by atoms with Gasteiger partial charge in [-0.05, 0) is 37.1 Å². The van der Waals surface area contributed by atoms with E-state index >= 15 is 0 Å². The zero-order valence-electron chi connectivity index (χ0n) is 11.2. The number of hydrogen-bond donors (Lipinski definition) is 2. The summed E-state index contributed by atoms with van der Waals surface area (Å²) < 4.78 is 28.7. The van der Waals surface area contributed by atoms with Crippen LogP contribution in [0.4, 0.5) is 5.69 Å². The van der Waals surface area contributed by atoms with Crippen LogP contribution in [0.1, 0.15) is 31.2 Å². The van der Waals surface area contributed by atoms with Crippen LogP contribution < -0.4 is 10.5 Å². The standard InChI is InChI=1S/C13H19N3O2S2/c14-13(19)11-5-7-12(8-6-11)15-20(17,18)16-9-3-1-2-4-10-16/h5-8,15H,1-4,9-10H2,(H2,14,19). The van der Waals surface area contributed by atoms with Gasteiger partial charge in [0, 0.05) is 24.3 Å². The van der Waals surface area contributed by atoms with Gasteiger partial charge >= 0.3 is 10.2 Å². The fourth-order valence-electron chi connectivity index (χ4n) is 2.20. The smallest absolute Gasteiger partial charge is 0.301 e. The highest BCUT2D eigenvalue weighted by Gasteiger charge is 2.22. The molecule has 0 atom stereocenters. The first-order chi connectivity index (χ1) is 9.49. The van der Waals surface area contributed by atoms with Crippen molar-refractivity contribution in [2.45, 2.75) is 25.7 Å². The van der Waals surface area contributed by atoms with Crippen molar-refractivity contribution in [3.8, 4) is 0 Å². The van der Waals surface area contributed by atoms with Crippen LogP contribution in [0, 0.1) is 0 Å². The lowest BCUT2D eigenvalue weighted by Crippen LogP contribution is -2.36. The van der Waals surface area contributed by atoms with E-state index in [2.05, 4.69) is 4.72 Å². The molecule has 0 unspecified atom stereocenters. The Hall–Kier alpha value is -1.18. The monoisotopic (exact) mass is 313 g/mol. The molecule has 1 saturated heterocycles. The summed E-state index contributed by atoms with van der Waals surface area (Å²) in [6, 6.07) is 6.76. The summed E-state index contributed by atoms with van der Waals surface area (Å²) in [4.78, 5) is 0.298. The van der Waals surface area contributed by atoms with Crippen molar-refractivity contribution in [3.05, 3.63) is 29.8 Å². The SMILES string of the molecule is NC(=S)c1ccc(NS(=O)(=O)N2CCCCCC2)cc1. The molecule has 0 bridgehead atoms. The van der Waals surface area contributed by atoms with E-state index < -0.39 is 10.2 Å². The normalized spacial score (nSPS) is 17.4. The van der Waals surface area contributed by atoms with Gasteiger partial charge in [0.15, 0.2) is 0 Å². The van der Waals surface area contributed by atoms with Crippen LogP contribution in [0.25, 0.3) is 0 Å². The lowest BCUT2D eigenvalue weighted by molar-refractivity contribution is 0.427. The second kappa shape index (κ2) is 6.51. The molecule has 1 aliphatic rings. The van der Waals surface area contributed by atoms with Crippen LogP contribution in [0.5, 0.6) is 0 Å². The fraction of sp³-hybridized carbons (Fsp3) is 0.462. The van der Waals surface area contributed by atoms with E-state index in [4.69, 9.17) is 18.0 Å². The number of rotatable bonds is 4. The maximum absolute atomic E-state index is 12.3. The van der Waals surface area contributed by atoms with Gasteiger partial charge in [0.05, 0.1) is 0 Å². The fourth-order valence-corrected chi connectivity index (χ4v) is 3.64. The molecule has 0 spiro atoms. The van der Waals surface area contributed by atoms with Gasteiger partial charge in [0.2, 0.25) is 0 Å². The predicted molar refractivity (Wildman–Crippen MR) is 84.9 cm³/mol. The molecule has 1 aromatic rings. The molecule has 0 amide bonds. The highest BCUT2D eigenvalue weighted by Crippen LogP contribution is 2.17. The molecule has 0 aromatic heterocycles. The van der Waals surface area contributed by atoms with Gasteiger partial charge in [-0.2, -0.15) is 12.7 Å². The molecular formula is C13H19N3O2S2. The van der Waals surface area contributed by atoms with Crippen molar-refractivity contribution in [3.63, 3.8) is 0 Å². The molecule has 1 aliphatic heterocycles. The first kappa shape index (κ1) is 15.2. The molecule has 1 aromatic carbocycles. The number of nitrogens with one attached hydrogen (secondary N) is 1. The van der Waals surface area contributed by atoms with Gasteiger partial charge in [-0.15, -0.1) is 0 Å². The van der Waals surface area contributed by atoms with Gasteiger partial charge in [-0.25, -0.2) is 0 Å². The molecule has 110 valence electrons. The maximum Gasteiger partial charge on any atom is 0.301 e. The summed E-state index contributed by atoms with van der Waals surface area (Å²) >= 11 is 4.86. The molecule has 20 heavy (non-hydrogen) atoms. The van der Waals surface area contributed by atoms with Crippen LogP contribution in [-0.4, -0.2) is 30.8 Å². The largest absolute Gasteiger partial charge is 0.389 e. The number of hydrogen-bond acceptors (Lipinski definition) is 3. The number of nitrogens with zero attached hydrogens (tertiary/aromatic N) is 1. The topological polar surface area (TPSA) is 75.4 Å². The number of anilines is 1. The molecule has 2 rings (SSSR count). The third kappa shape index (κ3) is 3.91. The third-order valence-corrected chi connectivity index (χ3v) is 5.10. The highest BCUT2D eigenvalue weighted by atomic mass is 32.2. The first-order valence-electron chi connectivity index (χ1n) is 6.67. The second-order valence-electron chi connectivity index (χ2n) is 4.86. The average Bonchev–Trinajstić information content (AvgIpc) is 2.68. The summed E-state index contributed by atoms with van der Waals surface area (Å²) in [5, 5.41) is 0. The van der Waals surface area contributed by atoms with E-state index in [9.17, 15) is 8.42 Å². The zero-order valence-corrected chi connectivity index (χ0v) is 12.8. The molecule has 0 radical (unpaired) electrons. The van der Waals surface area contributed by atoms with Gasteiger partial charge in [-0.3, -0.25) is 4.72 Å². The molecule has 5 nitrogen and oxygen atoms in total. The minimum absolute atomic E-state index is 0.298. The molecule has 0 saturated carbocycles. The summed E-state index contributed by atoms with van der Waals surface area (Å²) in [5.74, 6) is 0. The zero-order chi connectivity index (χ0) is 14.6. The first-order valence-corrected chi connectivity index (χ1v) is 8.51. The third-order valence-electron chi connectivity index (χ3n) is 3.32. The van der Waals surface area contributed by atoms with Crippen molar-refractivity contribution < 1.29 is 8.42 Å². The lowest BCUT2D eigenvalue weighted by atomic mass is 10.2. The predicted octanol–water partition coefficient (Wildman–Crippen LogP) is 1.85. The molecule has 1 fully saturated rings. The summed E-state index contributed by atoms with van der Waals surface area (Å²) in [6.07, 6.45) is 4.02. The van der Waals surface area contributed by atoms with E-state index in [0.717, 1.165) is 31.2 Å². The Morgan fingerprint density at radius 1 is 1.10 bits per heavy atom. The van der Waals surface area contributed by atoms with Crippen molar-refractivity contribution in [1.29, 1.82) is 0 Å². The Bertz CT molecular complexity index is 562. The number of thiocarbonyl (C=S) groups is 1. The minimum atomic E-state index is -3.47. The van der Waals surface area contributed by atoms with E-state index in [1.54, 1.807) is 24.3 Å². The Balaban J connectivity index is 2.08. The Morgan fingerprint density at radius 2 is 1.65 bits per heavy atom. The molecule has 3 N–H and O–H groups in total. The van der Waals surface area contributed by atoms with Crippen molar-refractivity contribution in [2.24, 2.45) is 5.73 Å². The Kier molecular flexibility index (Phi) is 4.95. The molecular weight excluding hydrogens is 294 g/mol. The molecule has 7 heteroatoms. The lowest BCUT2D eigenvalue weighted by Gasteiger charge is -2.20. The van der Waals surface area contributed by atoms with Crippen LogP contribution in [0.2, 0.25) is 0 Å². The number of benzene rings is 1. The van der Waals surface area contributed by atoms with Gasteiger partial charge < -0.3 is 5.73 Å². The van der Waals surface area contributed by atoms with Crippen LogP contribution in [0.3, 0.4) is 0 Å². The van der Waals surface area contributed by atoms with Gasteiger partial charge in [-0.1, -0.05) is 25.1 Å². The van der Waals surface area contributed by atoms with Crippen LogP contribution in [0.15, 0.2) is 24.3 Å². The van der Waals surface area contributed by atoms with E-state index in [1.807, 2.05) is 0 Å². The Labute approximate surface area is 125 Å². The summed E-state index contributed by atoms with van der Waals surface area (Å²) in [5.41, 5.74) is 6.75. The Morgan fingerprint density at radius 3 is 2.15 bits per heavy atom. The van der Waals surface area contributed by atoms with E-state index in [0.29, 0.717) is 23.8 Å². The highest BCUT2D eigenvalue weighted by molar-refractivity contribution is 7.90. The quantitative estimate of drug-likeness (QED) is 0.832. The van der Waals surface area contributed by atoms with E-state index in [-0.39, 0.29) is 0 Å². The van der Waals surface area contributed by atoms with E-state index in [1.165, 1.54) is 4.31 Å². The van der Waals surface area contributed by atoms with Crippen LogP contribution in [-0.2, 0) is 10.2 Å². The van der Waals surface area contributed by atoms with Crippen LogP contribution >= 0.6 is 12.2 Å². The number of nitrogens with two attached hydrogens (primary N) is 1. The molecule has 1 heterocycles. The molecule has 0 aliphatic carbocycles. The summed E-state index contributed by atoms with van der Waals surface area (Å²) in [7, 11) is -3.47. The van der Waals surface area contributed by atoms with Crippen molar-refractivity contribution in [2.75, 3.05) is 17.8 Å². The van der Waals surface area contributed by atoms with Crippen molar-refractivity contribution >= 4 is 33.1 Å². The average molecular weight is 313 g/mol. The summed E-state index contributed by atoms with van der Waals surface area (Å²) in [6.45, 7) is 1.17. The minimum Gasteiger partial charge on any atom is -0.389 e. The maximum atomic E-state index is 12.3. The van der Waals surface area contributed by atoms with Gasteiger partial charge in [0.25, 0.3) is 0 Å². The second-order valence-corrected chi connectivity index (χ2v) is 6.97. The van der Waals surface area contributed by atoms with Gasteiger partial charge in [0.1, 0.15) is 4.99 Å².